The van der Waals surface area contributed by atoms with Gasteiger partial charge < -0.3 is 0 Å². The van der Waals surface area contributed by atoms with E-state index in [-0.39, 0.29) is 23.3 Å². The summed E-state index contributed by atoms with van der Waals surface area (Å²) in [5.41, 5.74) is 1.04. The lowest BCUT2D eigenvalue weighted by Gasteiger charge is -2.03. The van der Waals surface area contributed by atoms with E-state index in [9.17, 15) is 8.78 Å². The molecule has 0 bridgehead atoms. The van der Waals surface area contributed by atoms with Crippen LogP contribution in [0.5, 0.6) is 0 Å². The standard InChI is InChI=1S/C9H7ClFN.C7H3ClFN.CH4/c1-2-7-8(11)4-3-6(5-12)9(7)10;8-7-3-6(9)2-1-5(7)4-10;/h3-4H,2H2,1H3;1-3H;1H4. The summed E-state index contributed by atoms with van der Waals surface area (Å²) in [6.07, 6.45) is 0.500. The Bertz CT molecular complexity index is 762. The highest BCUT2D eigenvalue weighted by molar-refractivity contribution is 6.32. The lowest BCUT2D eigenvalue weighted by Crippen LogP contribution is -1.91. The molecule has 6 heteroatoms. The molecule has 0 aliphatic rings. The van der Waals surface area contributed by atoms with E-state index >= 15 is 0 Å². The Hall–Kier alpha value is -2.14. The molecule has 2 rings (SSSR count). The molecule has 0 spiro atoms. The molecule has 0 amide bonds. The van der Waals surface area contributed by atoms with Crippen LogP contribution >= 0.6 is 23.2 Å². The van der Waals surface area contributed by atoms with Gasteiger partial charge in [0.25, 0.3) is 0 Å². The van der Waals surface area contributed by atoms with Crippen LogP contribution in [0.15, 0.2) is 30.3 Å². The second-order valence-corrected chi connectivity index (χ2v) is 4.87. The molecule has 0 saturated heterocycles. The fourth-order valence-electron chi connectivity index (χ4n) is 1.59. The van der Waals surface area contributed by atoms with Crippen molar-refractivity contribution in [3.63, 3.8) is 0 Å². The van der Waals surface area contributed by atoms with Gasteiger partial charge in [-0.25, -0.2) is 8.78 Å². The van der Waals surface area contributed by atoms with E-state index in [4.69, 9.17) is 33.7 Å². The Balaban J connectivity index is 0.000000409. The minimum Gasteiger partial charge on any atom is -0.207 e. The molecular formula is C17H14Cl2F2N2. The highest BCUT2D eigenvalue weighted by atomic mass is 35.5. The van der Waals surface area contributed by atoms with Gasteiger partial charge in [0.2, 0.25) is 0 Å². The summed E-state index contributed by atoms with van der Waals surface area (Å²) in [6, 6.07) is 10.0. The Labute approximate surface area is 144 Å². The lowest BCUT2D eigenvalue weighted by molar-refractivity contribution is 0.612. The van der Waals surface area contributed by atoms with Crippen molar-refractivity contribution in [2.45, 2.75) is 20.8 Å². The van der Waals surface area contributed by atoms with Crippen molar-refractivity contribution in [1.82, 2.24) is 0 Å². The average molecular weight is 355 g/mol. The molecule has 0 fully saturated rings. The van der Waals surface area contributed by atoms with Gasteiger partial charge in [0, 0.05) is 5.56 Å². The Morgan fingerprint density at radius 3 is 2.04 bits per heavy atom. The van der Waals surface area contributed by atoms with Crippen molar-refractivity contribution in [2.24, 2.45) is 0 Å². The van der Waals surface area contributed by atoms with E-state index in [2.05, 4.69) is 0 Å². The van der Waals surface area contributed by atoms with Gasteiger partial charge in [-0.3, -0.25) is 0 Å². The second kappa shape index (κ2) is 9.79. The highest BCUT2D eigenvalue weighted by Gasteiger charge is 2.08. The molecule has 0 saturated carbocycles. The molecule has 0 N–H and O–H groups in total. The summed E-state index contributed by atoms with van der Waals surface area (Å²) in [6.45, 7) is 1.80. The van der Waals surface area contributed by atoms with E-state index in [1.165, 1.54) is 24.3 Å². The fourth-order valence-corrected chi connectivity index (χ4v) is 2.13. The number of benzene rings is 2. The first-order valence-electron chi connectivity index (χ1n) is 6.16. The fraction of sp³-hybridized carbons (Fsp3) is 0.176. The van der Waals surface area contributed by atoms with Crippen LogP contribution in [0.1, 0.15) is 31.0 Å². The minimum atomic E-state index is -0.427. The van der Waals surface area contributed by atoms with Gasteiger partial charge in [-0.2, -0.15) is 10.5 Å². The van der Waals surface area contributed by atoms with Crippen molar-refractivity contribution >= 4 is 23.2 Å². The molecule has 0 unspecified atom stereocenters. The van der Waals surface area contributed by atoms with E-state index < -0.39 is 5.82 Å². The van der Waals surface area contributed by atoms with Crippen LogP contribution < -0.4 is 0 Å². The summed E-state index contributed by atoms with van der Waals surface area (Å²) in [5.74, 6) is -0.773. The Morgan fingerprint density at radius 2 is 1.57 bits per heavy atom. The molecule has 0 aliphatic heterocycles. The van der Waals surface area contributed by atoms with Crippen LogP contribution in [0, 0.1) is 34.3 Å². The average Bonchev–Trinajstić information content (AvgIpc) is 2.49. The summed E-state index contributed by atoms with van der Waals surface area (Å²) in [5, 5.41) is 17.3. The van der Waals surface area contributed by atoms with E-state index in [1.807, 2.05) is 12.1 Å². The number of halogens is 4. The quantitative estimate of drug-likeness (QED) is 0.639. The first kappa shape index (κ1) is 20.9. The Morgan fingerprint density at radius 1 is 1.00 bits per heavy atom. The second-order valence-electron chi connectivity index (χ2n) is 4.09. The largest absolute Gasteiger partial charge is 0.207 e. The molecule has 0 radical (unpaired) electrons. The van der Waals surface area contributed by atoms with Crippen molar-refractivity contribution in [3.8, 4) is 12.1 Å². The predicted molar refractivity (Wildman–Crippen MR) is 88.4 cm³/mol. The van der Waals surface area contributed by atoms with Crippen molar-refractivity contribution in [2.75, 3.05) is 0 Å². The van der Waals surface area contributed by atoms with Crippen molar-refractivity contribution < 1.29 is 8.78 Å². The zero-order valence-corrected chi connectivity index (χ0v) is 13.0. The topological polar surface area (TPSA) is 47.6 Å². The van der Waals surface area contributed by atoms with E-state index in [0.717, 1.165) is 6.07 Å². The highest BCUT2D eigenvalue weighted by Crippen LogP contribution is 2.23. The third kappa shape index (κ3) is 5.53. The number of hydrogen-bond donors (Lipinski definition) is 0. The predicted octanol–water partition coefficient (Wildman–Crippen LogP) is 5.90. The zero-order chi connectivity index (χ0) is 16.7. The van der Waals surface area contributed by atoms with E-state index in [0.29, 0.717) is 23.1 Å². The van der Waals surface area contributed by atoms with Gasteiger partial charge in [-0.1, -0.05) is 37.6 Å². The van der Waals surface area contributed by atoms with Crippen LogP contribution in [0.2, 0.25) is 10.0 Å². The maximum Gasteiger partial charge on any atom is 0.127 e. The van der Waals surface area contributed by atoms with Crippen molar-refractivity contribution in [1.29, 1.82) is 10.5 Å². The van der Waals surface area contributed by atoms with Crippen LogP contribution in [0.3, 0.4) is 0 Å². The Kier molecular flexibility index (Phi) is 8.88. The summed E-state index contributed by atoms with van der Waals surface area (Å²) in [4.78, 5) is 0. The van der Waals surface area contributed by atoms with Crippen LogP contribution in [0.4, 0.5) is 8.78 Å². The zero-order valence-electron chi connectivity index (χ0n) is 11.5. The SMILES string of the molecule is C.CCc1c(F)ccc(C#N)c1Cl.N#Cc1ccc(F)cc1Cl. The molecule has 0 aliphatic carbocycles. The normalized spacial score (nSPS) is 8.83. The third-order valence-electron chi connectivity index (χ3n) is 2.71. The summed E-state index contributed by atoms with van der Waals surface area (Å²) in [7, 11) is 0. The van der Waals surface area contributed by atoms with Gasteiger partial charge in [-0.15, -0.1) is 0 Å². The molecule has 120 valence electrons. The lowest BCUT2D eigenvalue weighted by atomic mass is 10.1. The number of rotatable bonds is 1. The minimum absolute atomic E-state index is 0. The van der Waals surface area contributed by atoms with Crippen molar-refractivity contribution in [3.05, 3.63) is 68.7 Å². The monoisotopic (exact) mass is 354 g/mol. The van der Waals surface area contributed by atoms with Gasteiger partial charge in [-0.05, 0) is 36.8 Å². The molecular weight excluding hydrogens is 341 g/mol. The maximum atomic E-state index is 13.0. The van der Waals surface area contributed by atoms with Gasteiger partial charge in [0.05, 0.1) is 21.2 Å². The molecule has 0 heterocycles. The van der Waals surface area contributed by atoms with Gasteiger partial charge in [0.1, 0.15) is 23.8 Å². The number of hydrogen-bond acceptors (Lipinski definition) is 2. The first-order chi connectivity index (χ1) is 10.4. The first-order valence-corrected chi connectivity index (χ1v) is 6.92. The number of nitriles is 2. The molecule has 2 aromatic rings. The van der Waals surface area contributed by atoms with E-state index in [1.54, 1.807) is 6.92 Å². The summed E-state index contributed by atoms with van der Waals surface area (Å²) < 4.78 is 25.3. The van der Waals surface area contributed by atoms with Crippen LogP contribution in [-0.2, 0) is 6.42 Å². The van der Waals surface area contributed by atoms with Gasteiger partial charge >= 0.3 is 0 Å². The third-order valence-corrected chi connectivity index (χ3v) is 3.46. The molecule has 23 heavy (non-hydrogen) atoms. The molecule has 0 aromatic heterocycles. The van der Waals surface area contributed by atoms with Gasteiger partial charge in [0.15, 0.2) is 0 Å². The van der Waals surface area contributed by atoms with Crippen LogP contribution in [0.25, 0.3) is 0 Å². The number of nitrogens with zero attached hydrogens (tertiary/aromatic N) is 2. The smallest absolute Gasteiger partial charge is 0.127 e. The maximum absolute atomic E-state index is 13.0. The summed E-state index contributed by atoms with van der Waals surface area (Å²) >= 11 is 11.2. The molecule has 0 atom stereocenters. The van der Waals surface area contributed by atoms with Crippen LogP contribution in [-0.4, -0.2) is 0 Å². The molecule has 2 nitrogen and oxygen atoms in total. The molecule has 2 aromatic carbocycles.